The van der Waals surface area contributed by atoms with Gasteiger partial charge in [0.2, 0.25) is 0 Å². The highest BCUT2D eigenvalue weighted by Gasteiger charge is 2.18. The number of thiophene rings is 1. The summed E-state index contributed by atoms with van der Waals surface area (Å²) < 4.78 is 23.0. The highest BCUT2D eigenvalue weighted by molar-refractivity contribution is 7.90. The molecule has 1 N–H and O–H groups in total. The van der Waals surface area contributed by atoms with Crippen LogP contribution in [0.5, 0.6) is 0 Å². The average Bonchev–Trinajstić information content (AvgIpc) is 2.81. The summed E-state index contributed by atoms with van der Waals surface area (Å²) >= 11 is 7.79. The van der Waals surface area contributed by atoms with Crippen molar-refractivity contribution in [3.8, 4) is 0 Å². The van der Waals surface area contributed by atoms with Crippen LogP contribution in [0.4, 0.5) is 0 Å². The van der Waals surface area contributed by atoms with E-state index in [4.69, 9.17) is 11.6 Å². The first-order chi connectivity index (χ1) is 9.43. The molecule has 3 nitrogen and oxygen atoms in total. The Hall–Kier alpha value is -0.880. The third-order valence-electron chi connectivity index (χ3n) is 2.96. The Morgan fingerprint density at radius 1 is 1.25 bits per heavy atom. The second-order valence-electron chi connectivity index (χ2n) is 4.46. The number of hydrogen-bond donors (Lipinski definition) is 1. The van der Waals surface area contributed by atoms with Gasteiger partial charge in [0.1, 0.15) is 0 Å². The molecule has 0 bridgehead atoms. The van der Waals surface area contributed by atoms with Gasteiger partial charge < -0.3 is 5.32 Å². The molecule has 0 aliphatic rings. The molecule has 0 fully saturated rings. The molecule has 1 atom stereocenters. The molecule has 0 spiro atoms. The number of benzene rings is 1. The summed E-state index contributed by atoms with van der Waals surface area (Å²) in [4.78, 5) is 1.37. The smallest absolute Gasteiger partial charge is 0.175 e. The van der Waals surface area contributed by atoms with Crippen molar-refractivity contribution in [2.75, 3.05) is 12.8 Å². The van der Waals surface area contributed by atoms with Crippen molar-refractivity contribution in [1.29, 1.82) is 0 Å². The Morgan fingerprint density at radius 2 is 1.90 bits per heavy atom. The highest BCUT2D eigenvalue weighted by atomic mass is 35.5. The lowest BCUT2D eigenvalue weighted by Gasteiger charge is -2.18. The quantitative estimate of drug-likeness (QED) is 0.913. The largest absolute Gasteiger partial charge is 0.306 e. The molecule has 0 saturated carbocycles. The fourth-order valence-corrected chi connectivity index (χ4v) is 3.88. The van der Waals surface area contributed by atoms with Crippen LogP contribution in [0.25, 0.3) is 0 Å². The average molecular weight is 330 g/mol. The van der Waals surface area contributed by atoms with Gasteiger partial charge in [-0.3, -0.25) is 0 Å². The predicted octanol–water partition coefficient (Wildman–Crippen LogP) is 3.50. The lowest BCUT2D eigenvalue weighted by atomic mass is 10.1. The number of rotatable bonds is 5. The zero-order chi connectivity index (χ0) is 14.8. The van der Waals surface area contributed by atoms with Crippen LogP contribution in [0.3, 0.4) is 0 Å². The van der Waals surface area contributed by atoms with E-state index < -0.39 is 9.84 Å². The van der Waals surface area contributed by atoms with Gasteiger partial charge in [-0.05, 0) is 35.7 Å². The third kappa shape index (κ3) is 3.41. The summed E-state index contributed by atoms with van der Waals surface area (Å²) in [6, 6.07) is 8.80. The van der Waals surface area contributed by atoms with Crippen LogP contribution in [0.15, 0.2) is 40.6 Å². The minimum atomic E-state index is -3.16. The van der Waals surface area contributed by atoms with E-state index in [0.717, 1.165) is 22.0 Å². The second-order valence-corrected chi connectivity index (χ2v) is 7.84. The predicted molar refractivity (Wildman–Crippen MR) is 84.4 cm³/mol. The van der Waals surface area contributed by atoms with E-state index in [-0.39, 0.29) is 6.04 Å². The van der Waals surface area contributed by atoms with Gasteiger partial charge in [-0.15, -0.1) is 11.3 Å². The van der Waals surface area contributed by atoms with Gasteiger partial charge in [-0.2, -0.15) is 0 Å². The summed E-state index contributed by atoms with van der Waals surface area (Å²) in [6.45, 7) is 2.83. The molecule has 2 rings (SSSR count). The van der Waals surface area contributed by atoms with Crippen molar-refractivity contribution in [3.63, 3.8) is 0 Å². The Morgan fingerprint density at radius 3 is 2.35 bits per heavy atom. The summed E-state index contributed by atoms with van der Waals surface area (Å²) in [7, 11) is -3.16. The maximum atomic E-state index is 11.5. The summed E-state index contributed by atoms with van der Waals surface area (Å²) in [5.41, 5.74) is 1.00. The fourth-order valence-electron chi connectivity index (χ4n) is 1.98. The minimum Gasteiger partial charge on any atom is -0.306 e. The molecule has 0 aliphatic carbocycles. The summed E-state index contributed by atoms with van der Waals surface area (Å²) in [6.07, 6.45) is 1.21. The van der Waals surface area contributed by atoms with Crippen molar-refractivity contribution in [1.82, 2.24) is 5.32 Å². The molecule has 2 aromatic rings. The van der Waals surface area contributed by atoms with Crippen LogP contribution in [0, 0.1) is 0 Å². The molecule has 20 heavy (non-hydrogen) atoms. The molecule has 0 saturated heterocycles. The third-order valence-corrected chi connectivity index (χ3v) is 5.51. The molecular weight excluding hydrogens is 314 g/mol. The first-order valence-corrected chi connectivity index (χ1v) is 9.34. The summed E-state index contributed by atoms with van der Waals surface area (Å²) in [5, 5.41) is 6.06. The van der Waals surface area contributed by atoms with Gasteiger partial charge in [0.25, 0.3) is 0 Å². The van der Waals surface area contributed by atoms with Crippen molar-refractivity contribution >= 4 is 32.8 Å². The Bertz CT molecular complexity index is 677. The van der Waals surface area contributed by atoms with Gasteiger partial charge in [-0.1, -0.05) is 30.7 Å². The molecule has 1 aromatic carbocycles. The molecule has 0 radical (unpaired) electrons. The standard InChI is InChI=1S/C14H16ClNO2S2/c1-3-16-13(14-12(15)8-9-19-14)10-4-6-11(7-5-10)20(2,17)18/h4-9,13,16H,3H2,1-2H3. The zero-order valence-electron chi connectivity index (χ0n) is 11.3. The number of nitrogens with one attached hydrogen (secondary N) is 1. The maximum Gasteiger partial charge on any atom is 0.175 e. The number of hydrogen-bond acceptors (Lipinski definition) is 4. The Kier molecular flexibility index (Phi) is 4.86. The van der Waals surface area contributed by atoms with Crippen LogP contribution in [-0.2, 0) is 9.84 Å². The van der Waals surface area contributed by atoms with Crippen molar-refractivity contribution in [3.05, 3.63) is 51.2 Å². The second kappa shape index (κ2) is 6.26. The van der Waals surface area contributed by atoms with Gasteiger partial charge >= 0.3 is 0 Å². The molecule has 108 valence electrons. The molecule has 0 aliphatic heterocycles. The van der Waals surface area contributed by atoms with E-state index in [9.17, 15) is 8.42 Å². The number of halogens is 1. The normalized spacial score (nSPS) is 13.3. The van der Waals surface area contributed by atoms with Crippen LogP contribution >= 0.6 is 22.9 Å². The molecule has 1 heterocycles. The first kappa shape index (κ1) is 15.5. The zero-order valence-corrected chi connectivity index (χ0v) is 13.6. The van der Waals surface area contributed by atoms with Crippen molar-refractivity contribution < 1.29 is 8.42 Å². The van der Waals surface area contributed by atoms with Crippen molar-refractivity contribution in [2.24, 2.45) is 0 Å². The lowest BCUT2D eigenvalue weighted by Crippen LogP contribution is -2.21. The monoisotopic (exact) mass is 329 g/mol. The molecule has 1 aromatic heterocycles. The first-order valence-electron chi connectivity index (χ1n) is 6.19. The molecule has 6 heteroatoms. The van der Waals surface area contributed by atoms with Gasteiger partial charge in [0, 0.05) is 11.1 Å². The van der Waals surface area contributed by atoms with Crippen LogP contribution in [-0.4, -0.2) is 21.2 Å². The van der Waals surface area contributed by atoms with Gasteiger partial charge in [-0.25, -0.2) is 8.42 Å². The van der Waals surface area contributed by atoms with E-state index in [1.807, 2.05) is 30.5 Å². The number of sulfone groups is 1. The van der Waals surface area contributed by atoms with Crippen LogP contribution < -0.4 is 5.32 Å². The maximum absolute atomic E-state index is 11.5. The van der Waals surface area contributed by atoms with E-state index in [0.29, 0.717) is 4.90 Å². The topological polar surface area (TPSA) is 46.2 Å². The Labute approximate surface area is 128 Å². The van der Waals surface area contributed by atoms with Crippen molar-refractivity contribution in [2.45, 2.75) is 17.9 Å². The van der Waals surface area contributed by atoms with E-state index >= 15 is 0 Å². The molecule has 1 unspecified atom stereocenters. The van der Waals surface area contributed by atoms with Crippen LogP contribution in [0.1, 0.15) is 23.4 Å². The van der Waals surface area contributed by atoms with E-state index in [1.54, 1.807) is 23.5 Å². The van der Waals surface area contributed by atoms with Gasteiger partial charge in [0.05, 0.1) is 16.0 Å². The van der Waals surface area contributed by atoms with E-state index in [1.165, 1.54) is 6.26 Å². The van der Waals surface area contributed by atoms with Crippen LogP contribution in [0.2, 0.25) is 5.02 Å². The Balaban J connectivity index is 2.38. The van der Waals surface area contributed by atoms with Gasteiger partial charge in [0.15, 0.2) is 9.84 Å². The summed E-state index contributed by atoms with van der Waals surface area (Å²) in [5.74, 6) is 0. The molecular formula is C14H16ClNO2S2. The highest BCUT2D eigenvalue weighted by Crippen LogP contribution is 2.33. The fraction of sp³-hybridized carbons (Fsp3) is 0.286. The lowest BCUT2D eigenvalue weighted by molar-refractivity contribution is 0.601. The minimum absolute atomic E-state index is 0.0129. The van der Waals surface area contributed by atoms with E-state index in [2.05, 4.69) is 5.32 Å². The molecule has 0 amide bonds. The SMILES string of the molecule is CCNC(c1ccc(S(C)(=O)=O)cc1)c1sccc1Cl.